The number of hydrogen-bond acceptors (Lipinski definition) is 3. The number of hydrogen-bond donors (Lipinski definition) is 1. The molecular weight excluding hydrogens is 260 g/mol. The molecule has 2 rings (SSSR count). The van der Waals surface area contributed by atoms with Crippen molar-refractivity contribution in [1.29, 1.82) is 0 Å². The lowest BCUT2D eigenvalue weighted by Crippen LogP contribution is -2.30. The maximum absolute atomic E-state index is 5.84. The van der Waals surface area contributed by atoms with Gasteiger partial charge < -0.3 is 15.4 Å². The third-order valence-corrected chi connectivity index (χ3v) is 4.05. The lowest BCUT2D eigenvalue weighted by molar-refractivity contribution is 0.217. The van der Waals surface area contributed by atoms with Crippen molar-refractivity contribution in [2.75, 3.05) is 19.7 Å². The van der Waals surface area contributed by atoms with Gasteiger partial charge in [0, 0.05) is 19.1 Å². The molecule has 0 atom stereocenters. The maximum atomic E-state index is 5.84. The van der Waals surface area contributed by atoms with E-state index in [-0.39, 0.29) is 0 Å². The Morgan fingerprint density at radius 2 is 2.10 bits per heavy atom. The third kappa shape index (κ3) is 6.06. The van der Waals surface area contributed by atoms with Gasteiger partial charge >= 0.3 is 0 Å². The zero-order valence-corrected chi connectivity index (χ0v) is 13.6. The average Bonchev–Trinajstić information content (AvgIpc) is 3.31. The van der Waals surface area contributed by atoms with Gasteiger partial charge in [0.2, 0.25) is 0 Å². The zero-order valence-electron chi connectivity index (χ0n) is 13.6. The molecule has 3 heteroatoms. The second kappa shape index (κ2) is 8.40. The molecular formula is C18H30N2O. The molecule has 1 fully saturated rings. The predicted molar refractivity (Wildman–Crippen MR) is 88.5 cm³/mol. The lowest BCUT2D eigenvalue weighted by Gasteiger charge is -2.22. The molecule has 0 radical (unpaired) electrons. The van der Waals surface area contributed by atoms with Gasteiger partial charge in [0.25, 0.3) is 0 Å². The number of benzene rings is 1. The maximum Gasteiger partial charge on any atom is 0.119 e. The Balaban J connectivity index is 1.67. The molecule has 3 nitrogen and oxygen atoms in total. The second-order valence-corrected chi connectivity index (χ2v) is 6.50. The highest BCUT2D eigenvalue weighted by Crippen LogP contribution is 2.27. The number of nitrogens with two attached hydrogens (primary N) is 1. The molecule has 1 aliphatic rings. The molecule has 0 unspecified atom stereocenters. The summed E-state index contributed by atoms with van der Waals surface area (Å²) in [5.74, 6) is 1.74. The SMILES string of the molecule is CC(C)CCN(CCCOc1cccc(CN)c1)C1CC1. The normalized spacial score (nSPS) is 14.9. The molecule has 0 aromatic heterocycles. The Labute approximate surface area is 129 Å². The minimum atomic E-state index is 0.571. The van der Waals surface area contributed by atoms with Crippen molar-refractivity contribution in [2.24, 2.45) is 11.7 Å². The summed E-state index contributed by atoms with van der Waals surface area (Å²) in [7, 11) is 0. The molecule has 1 aromatic carbocycles. The van der Waals surface area contributed by atoms with Crippen LogP contribution < -0.4 is 10.5 Å². The Kier molecular flexibility index (Phi) is 6.52. The highest BCUT2D eigenvalue weighted by atomic mass is 16.5. The van der Waals surface area contributed by atoms with Crippen LogP contribution in [0.5, 0.6) is 5.75 Å². The number of nitrogens with zero attached hydrogens (tertiary/aromatic N) is 1. The first kappa shape index (κ1) is 16.3. The highest BCUT2D eigenvalue weighted by Gasteiger charge is 2.28. The summed E-state index contributed by atoms with van der Waals surface area (Å²) < 4.78 is 5.84. The Morgan fingerprint density at radius 3 is 2.76 bits per heavy atom. The van der Waals surface area contributed by atoms with Crippen molar-refractivity contribution in [3.63, 3.8) is 0 Å². The van der Waals surface area contributed by atoms with E-state index in [2.05, 4.69) is 18.7 Å². The van der Waals surface area contributed by atoms with Gasteiger partial charge in [-0.05, 0) is 55.8 Å². The molecule has 0 aliphatic heterocycles. The largest absolute Gasteiger partial charge is 0.494 e. The molecule has 21 heavy (non-hydrogen) atoms. The summed E-state index contributed by atoms with van der Waals surface area (Å²) in [6.45, 7) is 8.37. The fourth-order valence-corrected chi connectivity index (χ4v) is 2.56. The van der Waals surface area contributed by atoms with Crippen LogP contribution in [0, 0.1) is 5.92 Å². The molecule has 0 saturated heterocycles. The van der Waals surface area contributed by atoms with Crippen LogP contribution >= 0.6 is 0 Å². The van der Waals surface area contributed by atoms with Crippen LogP contribution in [0.3, 0.4) is 0 Å². The quantitative estimate of drug-likeness (QED) is 0.671. The second-order valence-electron chi connectivity index (χ2n) is 6.50. The molecule has 0 amide bonds. The minimum absolute atomic E-state index is 0.571. The Morgan fingerprint density at radius 1 is 1.29 bits per heavy atom. The van der Waals surface area contributed by atoms with Gasteiger partial charge in [0.1, 0.15) is 5.75 Å². The van der Waals surface area contributed by atoms with E-state index < -0.39 is 0 Å². The zero-order chi connectivity index (χ0) is 15.1. The van der Waals surface area contributed by atoms with E-state index in [0.29, 0.717) is 6.54 Å². The van der Waals surface area contributed by atoms with E-state index in [9.17, 15) is 0 Å². The van der Waals surface area contributed by atoms with E-state index in [0.717, 1.165) is 42.8 Å². The molecule has 2 N–H and O–H groups in total. The summed E-state index contributed by atoms with van der Waals surface area (Å²) >= 11 is 0. The van der Waals surface area contributed by atoms with Crippen LogP contribution in [0.2, 0.25) is 0 Å². The fourth-order valence-electron chi connectivity index (χ4n) is 2.56. The Bertz CT molecular complexity index is 415. The first-order valence-corrected chi connectivity index (χ1v) is 8.35. The monoisotopic (exact) mass is 290 g/mol. The topological polar surface area (TPSA) is 38.5 Å². The molecule has 0 spiro atoms. The summed E-state index contributed by atoms with van der Waals surface area (Å²) in [5.41, 5.74) is 6.78. The molecule has 0 heterocycles. The van der Waals surface area contributed by atoms with Crippen molar-refractivity contribution in [3.05, 3.63) is 29.8 Å². The van der Waals surface area contributed by atoms with E-state index in [4.69, 9.17) is 10.5 Å². The lowest BCUT2D eigenvalue weighted by atomic mass is 10.1. The van der Waals surface area contributed by atoms with Crippen LogP contribution in [-0.2, 0) is 6.54 Å². The van der Waals surface area contributed by atoms with Crippen molar-refractivity contribution >= 4 is 0 Å². The highest BCUT2D eigenvalue weighted by molar-refractivity contribution is 5.28. The summed E-state index contributed by atoms with van der Waals surface area (Å²) in [5, 5.41) is 0. The molecule has 1 saturated carbocycles. The first-order valence-electron chi connectivity index (χ1n) is 8.35. The first-order chi connectivity index (χ1) is 10.2. The number of ether oxygens (including phenoxy) is 1. The van der Waals surface area contributed by atoms with Crippen molar-refractivity contribution in [2.45, 2.75) is 52.1 Å². The van der Waals surface area contributed by atoms with Crippen LogP contribution in [0.25, 0.3) is 0 Å². The van der Waals surface area contributed by atoms with Gasteiger partial charge in [0.05, 0.1) is 6.61 Å². The van der Waals surface area contributed by atoms with Gasteiger partial charge in [-0.15, -0.1) is 0 Å². The summed E-state index contributed by atoms with van der Waals surface area (Å²) in [4.78, 5) is 2.65. The van der Waals surface area contributed by atoms with Gasteiger partial charge in [-0.2, -0.15) is 0 Å². The minimum Gasteiger partial charge on any atom is -0.494 e. The van der Waals surface area contributed by atoms with Crippen LogP contribution in [0.4, 0.5) is 0 Å². The van der Waals surface area contributed by atoms with Crippen LogP contribution in [-0.4, -0.2) is 30.6 Å². The average molecular weight is 290 g/mol. The molecule has 0 bridgehead atoms. The van der Waals surface area contributed by atoms with Gasteiger partial charge in [-0.25, -0.2) is 0 Å². The van der Waals surface area contributed by atoms with E-state index in [1.165, 1.54) is 25.8 Å². The standard InChI is InChI=1S/C18H30N2O/c1-15(2)9-11-20(17-7-8-17)10-4-12-21-18-6-3-5-16(13-18)14-19/h3,5-6,13,15,17H,4,7-12,14,19H2,1-2H3. The van der Waals surface area contributed by atoms with Gasteiger partial charge in [-0.1, -0.05) is 26.0 Å². The summed E-state index contributed by atoms with van der Waals surface area (Å²) in [6, 6.07) is 8.95. The van der Waals surface area contributed by atoms with Crippen molar-refractivity contribution < 1.29 is 4.74 Å². The van der Waals surface area contributed by atoms with E-state index in [1.807, 2.05) is 24.3 Å². The molecule has 1 aliphatic carbocycles. The van der Waals surface area contributed by atoms with Gasteiger partial charge in [-0.3, -0.25) is 0 Å². The van der Waals surface area contributed by atoms with Crippen LogP contribution in [0.1, 0.15) is 45.1 Å². The van der Waals surface area contributed by atoms with Gasteiger partial charge in [0.15, 0.2) is 0 Å². The Hall–Kier alpha value is -1.06. The number of rotatable bonds is 10. The fraction of sp³-hybridized carbons (Fsp3) is 0.667. The molecule has 1 aromatic rings. The van der Waals surface area contributed by atoms with Crippen molar-refractivity contribution in [1.82, 2.24) is 4.90 Å². The third-order valence-electron chi connectivity index (χ3n) is 4.05. The predicted octanol–water partition coefficient (Wildman–Crippen LogP) is 3.42. The van der Waals surface area contributed by atoms with Crippen LogP contribution in [0.15, 0.2) is 24.3 Å². The van der Waals surface area contributed by atoms with E-state index in [1.54, 1.807) is 0 Å². The summed E-state index contributed by atoms with van der Waals surface area (Å²) in [6.07, 6.45) is 5.17. The smallest absolute Gasteiger partial charge is 0.119 e. The van der Waals surface area contributed by atoms with Crippen molar-refractivity contribution in [3.8, 4) is 5.75 Å². The molecule has 118 valence electrons. The van der Waals surface area contributed by atoms with E-state index >= 15 is 0 Å².